The van der Waals surface area contributed by atoms with Gasteiger partial charge >= 0.3 is 0 Å². The number of rotatable bonds is 7. The molecule has 4 nitrogen and oxygen atoms in total. The SMILES string of the molecule is CCN(CCCN(C)C)c1ccc(F)cc1C(=N)N. The molecular formula is C14H23FN4. The molecule has 106 valence electrons. The van der Waals surface area contributed by atoms with Gasteiger partial charge in [-0.05, 0) is 52.2 Å². The van der Waals surface area contributed by atoms with Crippen LogP contribution in [0.1, 0.15) is 18.9 Å². The molecule has 0 aliphatic rings. The third-order valence-corrected chi connectivity index (χ3v) is 3.00. The first kappa shape index (κ1) is 15.4. The fourth-order valence-corrected chi connectivity index (χ4v) is 2.03. The number of amidine groups is 1. The van der Waals surface area contributed by atoms with Crippen LogP contribution in [-0.2, 0) is 0 Å². The van der Waals surface area contributed by atoms with Crippen molar-refractivity contribution in [2.45, 2.75) is 13.3 Å². The van der Waals surface area contributed by atoms with E-state index in [2.05, 4.69) is 9.80 Å². The summed E-state index contributed by atoms with van der Waals surface area (Å²) in [6, 6.07) is 4.44. The summed E-state index contributed by atoms with van der Waals surface area (Å²) in [7, 11) is 4.07. The van der Waals surface area contributed by atoms with E-state index in [0.29, 0.717) is 5.56 Å². The molecule has 0 amide bonds. The quantitative estimate of drug-likeness (QED) is 0.585. The lowest BCUT2D eigenvalue weighted by atomic mass is 10.1. The Morgan fingerprint density at radius 3 is 2.53 bits per heavy atom. The second-order valence-electron chi connectivity index (χ2n) is 4.81. The van der Waals surface area contributed by atoms with Crippen LogP contribution in [0.15, 0.2) is 18.2 Å². The molecule has 0 atom stereocenters. The summed E-state index contributed by atoms with van der Waals surface area (Å²) in [5.74, 6) is -0.459. The van der Waals surface area contributed by atoms with Gasteiger partial charge < -0.3 is 15.5 Å². The molecule has 0 heterocycles. The van der Waals surface area contributed by atoms with Gasteiger partial charge in [-0.2, -0.15) is 0 Å². The number of nitrogens with one attached hydrogen (secondary N) is 1. The number of anilines is 1. The van der Waals surface area contributed by atoms with Gasteiger partial charge in [-0.3, -0.25) is 5.41 Å². The van der Waals surface area contributed by atoms with Crippen molar-refractivity contribution in [1.82, 2.24) is 4.90 Å². The Hall–Kier alpha value is -1.62. The van der Waals surface area contributed by atoms with Crippen molar-refractivity contribution in [2.24, 2.45) is 5.73 Å². The average molecular weight is 266 g/mol. The monoisotopic (exact) mass is 266 g/mol. The molecule has 19 heavy (non-hydrogen) atoms. The number of nitrogens with two attached hydrogens (primary N) is 1. The summed E-state index contributed by atoms with van der Waals surface area (Å²) in [5.41, 5.74) is 6.83. The lowest BCUT2D eigenvalue weighted by Gasteiger charge is -2.26. The van der Waals surface area contributed by atoms with Crippen LogP contribution < -0.4 is 10.6 Å². The van der Waals surface area contributed by atoms with Crippen LogP contribution in [0.2, 0.25) is 0 Å². The van der Waals surface area contributed by atoms with Gasteiger partial charge in [-0.15, -0.1) is 0 Å². The summed E-state index contributed by atoms with van der Waals surface area (Å²) in [6.07, 6.45) is 1.01. The van der Waals surface area contributed by atoms with Crippen molar-refractivity contribution >= 4 is 11.5 Å². The van der Waals surface area contributed by atoms with Crippen LogP contribution in [0, 0.1) is 11.2 Å². The zero-order valence-electron chi connectivity index (χ0n) is 11.9. The van der Waals surface area contributed by atoms with E-state index in [1.165, 1.54) is 12.1 Å². The molecule has 0 spiro atoms. The third kappa shape index (κ3) is 4.52. The summed E-state index contributed by atoms with van der Waals surface area (Å²) < 4.78 is 13.3. The molecular weight excluding hydrogens is 243 g/mol. The number of halogens is 1. The van der Waals surface area contributed by atoms with Gasteiger partial charge in [0.05, 0.1) is 0 Å². The molecule has 0 saturated heterocycles. The highest BCUT2D eigenvalue weighted by molar-refractivity contribution is 6.00. The maximum Gasteiger partial charge on any atom is 0.125 e. The summed E-state index contributed by atoms with van der Waals surface area (Å²) in [5, 5.41) is 7.56. The van der Waals surface area contributed by atoms with Gasteiger partial charge in [0.1, 0.15) is 11.7 Å². The first-order valence-electron chi connectivity index (χ1n) is 6.49. The van der Waals surface area contributed by atoms with E-state index in [4.69, 9.17) is 11.1 Å². The van der Waals surface area contributed by atoms with Gasteiger partial charge in [0.2, 0.25) is 0 Å². The zero-order valence-corrected chi connectivity index (χ0v) is 11.9. The lowest BCUT2D eigenvalue weighted by Crippen LogP contribution is -2.29. The minimum atomic E-state index is -0.363. The first-order chi connectivity index (χ1) is 8.95. The molecule has 1 aromatic rings. The Balaban J connectivity index is 2.88. The number of nitrogens with zero attached hydrogens (tertiary/aromatic N) is 2. The molecule has 1 aromatic carbocycles. The minimum Gasteiger partial charge on any atom is -0.384 e. The second kappa shape index (κ2) is 7.09. The standard InChI is InChI=1S/C14H23FN4/c1-4-19(9-5-8-18(2)3)13-7-6-11(15)10-12(13)14(16)17/h6-7,10H,4-5,8-9H2,1-3H3,(H3,16,17). The van der Waals surface area contributed by atoms with Crippen molar-refractivity contribution in [2.75, 3.05) is 38.6 Å². The van der Waals surface area contributed by atoms with E-state index in [0.717, 1.165) is 31.7 Å². The highest BCUT2D eigenvalue weighted by Gasteiger charge is 2.12. The van der Waals surface area contributed by atoms with Gasteiger partial charge in [0.15, 0.2) is 0 Å². The lowest BCUT2D eigenvalue weighted by molar-refractivity contribution is 0.400. The largest absolute Gasteiger partial charge is 0.384 e. The molecule has 0 aliphatic heterocycles. The molecule has 0 aromatic heterocycles. The Morgan fingerprint density at radius 1 is 1.32 bits per heavy atom. The Kier molecular flexibility index (Phi) is 5.76. The third-order valence-electron chi connectivity index (χ3n) is 3.00. The normalized spacial score (nSPS) is 10.8. The van der Waals surface area contributed by atoms with E-state index >= 15 is 0 Å². The van der Waals surface area contributed by atoms with E-state index in [1.807, 2.05) is 21.0 Å². The Labute approximate surface area is 114 Å². The molecule has 0 unspecified atom stereocenters. The van der Waals surface area contributed by atoms with E-state index < -0.39 is 0 Å². The molecule has 0 bridgehead atoms. The van der Waals surface area contributed by atoms with Gasteiger partial charge in [0, 0.05) is 24.3 Å². The zero-order chi connectivity index (χ0) is 14.4. The average Bonchev–Trinajstić information content (AvgIpc) is 2.34. The van der Waals surface area contributed by atoms with E-state index in [1.54, 1.807) is 6.07 Å². The summed E-state index contributed by atoms with van der Waals surface area (Å²) in [6.45, 7) is 4.70. The van der Waals surface area contributed by atoms with Crippen molar-refractivity contribution in [1.29, 1.82) is 5.41 Å². The van der Waals surface area contributed by atoms with Crippen molar-refractivity contribution in [3.8, 4) is 0 Å². The van der Waals surface area contributed by atoms with Gasteiger partial charge in [-0.25, -0.2) is 4.39 Å². The predicted octanol–water partition coefficient (Wildman–Crippen LogP) is 1.89. The van der Waals surface area contributed by atoms with Crippen LogP contribution in [0.5, 0.6) is 0 Å². The van der Waals surface area contributed by atoms with E-state index in [-0.39, 0.29) is 11.7 Å². The maximum atomic E-state index is 13.3. The van der Waals surface area contributed by atoms with Gasteiger partial charge in [0.25, 0.3) is 0 Å². The number of hydrogen-bond donors (Lipinski definition) is 2. The smallest absolute Gasteiger partial charge is 0.125 e. The molecule has 3 N–H and O–H groups in total. The number of benzene rings is 1. The molecule has 1 rings (SSSR count). The van der Waals surface area contributed by atoms with Crippen LogP contribution in [0.4, 0.5) is 10.1 Å². The molecule has 5 heteroatoms. The maximum absolute atomic E-state index is 13.3. The van der Waals surface area contributed by atoms with Crippen molar-refractivity contribution in [3.63, 3.8) is 0 Å². The molecule has 0 radical (unpaired) electrons. The van der Waals surface area contributed by atoms with Crippen LogP contribution >= 0.6 is 0 Å². The van der Waals surface area contributed by atoms with Gasteiger partial charge in [-0.1, -0.05) is 0 Å². The van der Waals surface area contributed by atoms with E-state index in [9.17, 15) is 4.39 Å². The van der Waals surface area contributed by atoms with Crippen LogP contribution in [0.25, 0.3) is 0 Å². The highest BCUT2D eigenvalue weighted by atomic mass is 19.1. The van der Waals surface area contributed by atoms with Crippen molar-refractivity contribution < 1.29 is 4.39 Å². The molecule has 0 saturated carbocycles. The fourth-order valence-electron chi connectivity index (χ4n) is 2.03. The predicted molar refractivity (Wildman–Crippen MR) is 78.5 cm³/mol. The minimum absolute atomic E-state index is 0.0967. The Morgan fingerprint density at radius 2 is 2.00 bits per heavy atom. The number of hydrogen-bond acceptors (Lipinski definition) is 3. The topological polar surface area (TPSA) is 56.4 Å². The summed E-state index contributed by atoms with van der Waals surface area (Å²) >= 11 is 0. The molecule has 0 aliphatic carbocycles. The summed E-state index contributed by atoms with van der Waals surface area (Å²) in [4.78, 5) is 4.25. The van der Waals surface area contributed by atoms with Crippen LogP contribution in [-0.4, -0.2) is 44.5 Å². The Bertz CT molecular complexity index is 431. The van der Waals surface area contributed by atoms with Crippen molar-refractivity contribution in [3.05, 3.63) is 29.6 Å². The highest BCUT2D eigenvalue weighted by Crippen LogP contribution is 2.21. The second-order valence-corrected chi connectivity index (χ2v) is 4.81. The first-order valence-corrected chi connectivity index (χ1v) is 6.49. The fraction of sp³-hybridized carbons (Fsp3) is 0.500. The molecule has 0 fully saturated rings. The number of nitrogen functional groups attached to an aromatic ring is 1. The van der Waals surface area contributed by atoms with Crippen LogP contribution in [0.3, 0.4) is 0 Å².